The van der Waals surface area contributed by atoms with E-state index in [1.54, 1.807) is 13.8 Å². The first kappa shape index (κ1) is 12.7. The molecule has 0 aromatic carbocycles. The van der Waals surface area contributed by atoms with Gasteiger partial charge in [-0.15, -0.1) is 0 Å². The molecule has 0 spiro atoms. The van der Waals surface area contributed by atoms with Crippen LogP contribution >= 0.6 is 0 Å². The topological polar surface area (TPSA) is 52.3 Å². The van der Waals surface area contributed by atoms with E-state index in [-0.39, 0.29) is 5.97 Å². The fourth-order valence-corrected chi connectivity index (χ4v) is 0.370. The number of nitrogens with two attached hydrogens (primary N) is 1. The van der Waals surface area contributed by atoms with Crippen molar-refractivity contribution in [2.75, 3.05) is 6.61 Å². The molecule has 2 N–H and O–H groups in total. The molecule has 0 saturated heterocycles. The second-order valence-electron chi connectivity index (χ2n) is 1.64. The largest absolute Gasteiger partial charge is 0.463 e. The molecule has 0 unspecified atom stereocenters. The molecule has 0 amide bonds. The van der Waals surface area contributed by atoms with Gasteiger partial charge in [-0.1, -0.05) is 13.8 Å². The quantitative estimate of drug-likeness (QED) is 0.490. The minimum atomic E-state index is -0.377. The zero-order valence-electron chi connectivity index (χ0n) is 7.68. The van der Waals surface area contributed by atoms with Gasteiger partial charge < -0.3 is 10.5 Å². The van der Waals surface area contributed by atoms with Crippen LogP contribution in [0.25, 0.3) is 0 Å². The highest BCUT2D eigenvalue weighted by Gasteiger charge is 1.92. The van der Waals surface area contributed by atoms with Crippen LogP contribution in [0.3, 0.4) is 0 Å². The van der Waals surface area contributed by atoms with Crippen LogP contribution in [0.5, 0.6) is 0 Å². The van der Waals surface area contributed by atoms with Crippen molar-refractivity contribution in [1.82, 2.24) is 0 Å². The lowest BCUT2D eigenvalue weighted by atomic mass is 10.4. The number of carbonyl (C=O) groups excluding carboxylic acids is 1. The molecule has 0 aliphatic carbocycles. The molecule has 3 heteroatoms. The molecule has 0 aliphatic heterocycles. The Kier molecular flexibility index (Phi) is 10.4. The zero-order chi connectivity index (χ0) is 9.28. The highest BCUT2D eigenvalue weighted by Crippen LogP contribution is 1.83. The van der Waals surface area contributed by atoms with Gasteiger partial charge in [-0.2, -0.15) is 0 Å². The van der Waals surface area contributed by atoms with Crippen molar-refractivity contribution in [1.29, 1.82) is 0 Å². The van der Waals surface area contributed by atoms with Crippen molar-refractivity contribution in [3.8, 4) is 0 Å². The lowest BCUT2D eigenvalue weighted by molar-refractivity contribution is -0.137. The monoisotopic (exact) mass is 159 g/mol. The predicted octanol–water partition coefficient (Wildman–Crippen LogP) is 1.44. The number of hydrogen-bond acceptors (Lipinski definition) is 3. The van der Waals surface area contributed by atoms with Crippen LogP contribution in [0.4, 0.5) is 0 Å². The van der Waals surface area contributed by atoms with Gasteiger partial charge in [-0.25, -0.2) is 4.79 Å². The number of ether oxygens (including phenoxy) is 1. The van der Waals surface area contributed by atoms with Crippen LogP contribution in [-0.4, -0.2) is 12.6 Å². The number of rotatable bonds is 2. The van der Waals surface area contributed by atoms with Gasteiger partial charge in [-0.3, -0.25) is 0 Å². The lowest BCUT2D eigenvalue weighted by Gasteiger charge is -1.94. The Bertz CT molecular complexity index is 126. The first-order chi connectivity index (χ1) is 5.16. The molecule has 0 aromatic heterocycles. The Balaban J connectivity index is 0. The van der Waals surface area contributed by atoms with Crippen molar-refractivity contribution in [2.45, 2.75) is 27.7 Å². The second kappa shape index (κ2) is 9.01. The highest BCUT2D eigenvalue weighted by molar-refractivity contribution is 5.82. The van der Waals surface area contributed by atoms with E-state index in [9.17, 15) is 4.79 Å². The van der Waals surface area contributed by atoms with Crippen LogP contribution in [0.1, 0.15) is 27.7 Å². The highest BCUT2D eigenvalue weighted by atomic mass is 16.5. The Morgan fingerprint density at radius 1 is 1.55 bits per heavy atom. The predicted molar refractivity (Wildman–Crippen MR) is 45.9 cm³/mol. The molecule has 3 nitrogen and oxygen atoms in total. The molecule has 0 aromatic rings. The number of allylic oxidation sites excluding steroid dienone is 1. The fraction of sp³-hybridized carbons (Fsp3) is 0.625. The molecule has 0 atom stereocenters. The van der Waals surface area contributed by atoms with E-state index in [0.29, 0.717) is 12.3 Å². The van der Waals surface area contributed by atoms with Crippen LogP contribution < -0.4 is 5.73 Å². The minimum Gasteiger partial charge on any atom is -0.463 e. The van der Waals surface area contributed by atoms with Gasteiger partial charge in [0, 0.05) is 11.8 Å². The second-order valence-corrected chi connectivity index (χ2v) is 1.64. The molecule has 0 radical (unpaired) electrons. The smallest absolute Gasteiger partial charge is 0.332 e. The average Bonchev–Trinajstić information content (AvgIpc) is 1.91. The molecule has 0 aliphatic rings. The van der Waals surface area contributed by atoms with Gasteiger partial charge in [0.15, 0.2) is 0 Å². The normalized spacial score (nSPS) is 9.64. The van der Waals surface area contributed by atoms with E-state index in [2.05, 4.69) is 4.74 Å². The van der Waals surface area contributed by atoms with Gasteiger partial charge in [0.2, 0.25) is 0 Å². The van der Waals surface area contributed by atoms with E-state index in [1.807, 2.05) is 13.8 Å². The first-order valence-electron chi connectivity index (χ1n) is 3.77. The summed E-state index contributed by atoms with van der Waals surface area (Å²) in [4.78, 5) is 10.5. The van der Waals surface area contributed by atoms with E-state index < -0.39 is 0 Å². The molecular weight excluding hydrogens is 142 g/mol. The molecule has 0 saturated carbocycles. The summed E-state index contributed by atoms with van der Waals surface area (Å²) in [5.41, 5.74) is 5.65. The molecule has 0 bridgehead atoms. The van der Waals surface area contributed by atoms with E-state index in [4.69, 9.17) is 5.73 Å². The summed E-state index contributed by atoms with van der Waals surface area (Å²) in [7, 11) is 0. The number of carbonyl (C=O) groups is 1. The minimum absolute atomic E-state index is 0.377. The van der Waals surface area contributed by atoms with Crippen molar-refractivity contribution in [3.05, 3.63) is 11.8 Å². The van der Waals surface area contributed by atoms with E-state index in [1.165, 1.54) is 6.08 Å². The molecule has 66 valence electrons. The molecule has 0 rings (SSSR count). The van der Waals surface area contributed by atoms with Crippen LogP contribution in [0.15, 0.2) is 11.8 Å². The Morgan fingerprint density at radius 2 is 2.00 bits per heavy atom. The van der Waals surface area contributed by atoms with Crippen LogP contribution in [0.2, 0.25) is 0 Å². The molecule has 0 heterocycles. The van der Waals surface area contributed by atoms with E-state index in [0.717, 1.165) is 0 Å². The maximum Gasteiger partial charge on any atom is 0.332 e. The molecule has 11 heavy (non-hydrogen) atoms. The van der Waals surface area contributed by atoms with Gasteiger partial charge in [0.05, 0.1) is 6.61 Å². The SMILES string of the molecule is CC.CCOC(=O)/C=C(\C)N. The summed E-state index contributed by atoms with van der Waals surface area (Å²) in [6.45, 7) is 7.77. The first-order valence-corrected chi connectivity index (χ1v) is 3.77. The summed E-state index contributed by atoms with van der Waals surface area (Å²) in [5.74, 6) is -0.377. The summed E-state index contributed by atoms with van der Waals surface area (Å²) in [6, 6.07) is 0. The lowest BCUT2D eigenvalue weighted by Crippen LogP contribution is -2.03. The summed E-state index contributed by atoms with van der Waals surface area (Å²) in [5, 5.41) is 0. The van der Waals surface area contributed by atoms with Gasteiger partial charge in [-0.05, 0) is 13.8 Å². The maximum atomic E-state index is 10.5. The Morgan fingerprint density at radius 3 is 2.27 bits per heavy atom. The number of hydrogen-bond donors (Lipinski definition) is 1. The van der Waals surface area contributed by atoms with E-state index >= 15 is 0 Å². The standard InChI is InChI=1S/C6H11NO2.C2H6/c1-3-9-6(8)4-5(2)7;1-2/h4H,3,7H2,1-2H3;1-2H3/b5-4+;. The van der Waals surface area contributed by atoms with Crippen LogP contribution in [-0.2, 0) is 9.53 Å². The summed E-state index contributed by atoms with van der Waals surface area (Å²) < 4.78 is 4.56. The van der Waals surface area contributed by atoms with Crippen molar-refractivity contribution >= 4 is 5.97 Å². The molecular formula is C8H17NO2. The molecule has 0 fully saturated rings. The van der Waals surface area contributed by atoms with Crippen molar-refractivity contribution in [3.63, 3.8) is 0 Å². The van der Waals surface area contributed by atoms with Crippen molar-refractivity contribution in [2.24, 2.45) is 5.73 Å². The maximum absolute atomic E-state index is 10.5. The fourth-order valence-electron chi connectivity index (χ4n) is 0.370. The summed E-state index contributed by atoms with van der Waals surface area (Å²) in [6.07, 6.45) is 1.25. The zero-order valence-corrected chi connectivity index (χ0v) is 7.68. The summed E-state index contributed by atoms with van der Waals surface area (Å²) >= 11 is 0. The number of esters is 1. The van der Waals surface area contributed by atoms with Crippen molar-refractivity contribution < 1.29 is 9.53 Å². The van der Waals surface area contributed by atoms with Crippen LogP contribution in [0, 0.1) is 0 Å². The third-order valence-electron chi connectivity index (χ3n) is 0.632. The van der Waals surface area contributed by atoms with Gasteiger partial charge >= 0.3 is 5.97 Å². The average molecular weight is 159 g/mol. The Labute approximate surface area is 68.2 Å². The Hall–Kier alpha value is -0.990. The third-order valence-corrected chi connectivity index (χ3v) is 0.632. The van der Waals surface area contributed by atoms with Gasteiger partial charge in [0.25, 0.3) is 0 Å². The van der Waals surface area contributed by atoms with Gasteiger partial charge in [0.1, 0.15) is 0 Å². The third kappa shape index (κ3) is 12.3.